The zero-order valence-corrected chi connectivity index (χ0v) is 28.8. The second-order valence-electron chi connectivity index (χ2n) is 12.7. The van der Waals surface area contributed by atoms with E-state index in [0.29, 0.717) is 18.1 Å². The summed E-state index contributed by atoms with van der Waals surface area (Å²) in [6, 6.07) is 26.8. The SMILES string of the molecule is COc1ccc(C(OC[C@H]2O[C@@H](n3ccc(=O)[nH]c3=O)[C@H](OCOCC[Si](C)(C)C)C2=O)(c2ccccc2)c2ccc(OC)cc2)cc1. The fraction of sp³-hybridized carbons (Fsp3) is 0.361. The highest BCUT2D eigenvalue weighted by Crippen LogP contribution is 2.42. The maximum atomic E-state index is 14.0. The Bertz CT molecular complexity index is 1720. The fourth-order valence-electron chi connectivity index (χ4n) is 5.59. The number of aromatic amines is 1. The van der Waals surface area contributed by atoms with E-state index >= 15 is 0 Å². The van der Waals surface area contributed by atoms with Gasteiger partial charge in [-0.1, -0.05) is 74.2 Å². The lowest BCUT2D eigenvalue weighted by atomic mass is 9.80. The number of benzene rings is 3. The molecule has 0 bridgehead atoms. The number of nitrogens with one attached hydrogen (secondary N) is 1. The number of methoxy groups -OCH3 is 2. The van der Waals surface area contributed by atoms with Crippen molar-refractivity contribution in [1.82, 2.24) is 9.55 Å². The van der Waals surface area contributed by atoms with Crippen molar-refractivity contribution in [2.24, 2.45) is 0 Å². The summed E-state index contributed by atoms with van der Waals surface area (Å²) in [7, 11) is 1.85. The van der Waals surface area contributed by atoms with Crippen LogP contribution in [0.25, 0.3) is 0 Å². The number of H-pyrrole nitrogens is 1. The van der Waals surface area contributed by atoms with Crippen LogP contribution in [-0.4, -0.2) is 69.8 Å². The van der Waals surface area contributed by atoms with Crippen LogP contribution in [0.2, 0.25) is 25.7 Å². The number of aromatic nitrogens is 2. The number of ketones is 1. The summed E-state index contributed by atoms with van der Waals surface area (Å²) in [6.45, 7) is 6.83. The van der Waals surface area contributed by atoms with Crippen LogP contribution in [-0.2, 0) is 29.3 Å². The molecule has 12 heteroatoms. The van der Waals surface area contributed by atoms with Gasteiger partial charge in [0.2, 0.25) is 0 Å². The molecular formula is C36H42N2O9Si. The van der Waals surface area contributed by atoms with Gasteiger partial charge in [0, 0.05) is 26.9 Å². The summed E-state index contributed by atoms with van der Waals surface area (Å²) in [4.78, 5) is 40.9. The Morgan fingerprint density at radius 3 is 1.94 bits per heavy atom. The molecule has 1 fully saturated rings. The van der Waals surface area contributed by atoms with Gasteiger partial charge in [-0.2, -0.15) is 0 Å². The number of carbonyl (C=O) groups excluding carboxylic acids is 1. The standard InChI is InChI=1S/C36H42N2O9Si/c1-42-28-15-11-26(12-16-28)36(25-9-7-6-8-10-25,27-13-17-29(43-2)18-14-27)46-23-30-32(40)33(45-24-44-21-22-48(3,4)5)34(47-30)38-20-19-31(39)37-35(38)41/h6-20,30,33-34H,21-24H2,1-5H3,(H,37,39,41)/t30-,33-,34-/m1/s1. The second kappa shape index (κ2) is 15.3. The first-order chi connectivity index (χ1) is 23.1. The molecule has 254 valence electrons. The lowest BCUT2D eigenvalue weighted by Gasteiger charge is -2.36. The third-order valence-corrected chi connectivity index (χ3v) is 9.94. The van der Waals surface area contributed by atoms with Gasteiger partial charge in [-0.3, -0.25) is 19.1 Å². The molecule has 0 unspecified atom stereocenters. The van der Waals surface area contributed by atoms with Crippen molar-refractivity contribution in [3.8, 4) is 11.5 Å². The summed E-state index contributed by atoms with van der Waals surface area (Å²) in [5.74, 6) is 0.926. The summed E-state index contributed by atoms with van der Waals surface area (Å²) < 4.78 is 36.8. The van der Waals surface area contributed by atoms with Crippen LogP contribution in [0.5, 0.6) is 11.5 Å². The van der Waals surface area contributed by atoms with Crippen LogP contribution in [0.3, 0.4) is 0 Å². The predicted molar refractivity (Wildman–Crippen MR) is 182 cm³/mol. The van der Waals surface area contributed by atoms with Crippen LogP contribution in [0.15, 0.2) is 101 Å². The van der Waals surface area contributed by atoms with Crippen molar-refractivity contribution in [3.63, 3.8) is 0 Å². The summed E-state index contributed by atoms with van der Waals surface area (Å²) in [5, 5.41) is 0. The van der Waals surface area contributed by atoms with Crippen molar-refractivity contribution in [2.45, 2.75) is 49.7 Å². The van der Waals surface area contributed by atoms with Gasteiger partial charge in [-0.15, -0.1) is 0 Å². The smallest absolute Gasteiger partial charge is 0.330 e. The number of hydrogen-bond acceptors (Lipinski definition) is 9. The molecule has 5 rings (SSSR count). The lowest BCUT2D eigenvalue weighted by molar-refractivity contribution is -0.144. The van der Waals surface area contributed by atoms with Crippen LogP contribution in [0.1, 0.15) is 22.9 Å². The first-order valence-corrected chi connectivity index (χ1v) is 19.4. The van der Waals surface area contributed by atoms with Crippen molar-refractivity contribution in [2.75, 3.05) is 34.2 Å². The van der Waals surface area contributed by atoms with Crippen molar-refractivity contribution in [3.05, 3.63) is 129 Å². The highest BCUT2D eigenvalue weighted by atomic mass is 28.3. The van der Waals surface area contributed by atoms with E-state index in [1.807, 2.05) is 78.9 Å². The molecule has 2 heterocycles. The molecule has 0 radical (unpaired) electrons. The highest BCUT2D eigenvalue weighted by Gasteiger charge is 2.48. The molecule has 1 saturated heterocycles. The van der Waals surface area contributed by atoms with Crippen molar-refractivity contribution >= 4 is 13.9 Å². The van der Waals surface area contributed by atoms with Gasteiger partial charge < -0.3 is 28.4 Å². The quantitative estimate of drug-likeness (QED) is 0.0825. The van der Waals surface area contributed by atoms with Gasteiger partial charge in [-0.05, 0) is 47.0 Å². The summed E-state index contributed by atoms with van der Waals surface area (Å²) in [5.41, 5.74) is -0.136. The molecule has 1 aliphatic rings. The second-order valence-corrected chi connectivity index (χ2v) is 18.3. The maximum absolute atomic E-state index is 14.0. The van der Waals surface area contributed by atoms with E-state index in [1.165, 1.54) is 12.3 Å². The Morgan fingerprint density at radius 2 is 1.40 bits per heavy atom. The van der Waals surface area contributed by atoms with Gasteiger partial charge in [0.25, 0.3) is 5.56 Å². The Balaban J connectivity index is 1.50. The van der Waals surface area contributed by atoms with Crippen molar-refractivity contribution < 1.29 is 33.2 Å². The zero-order chi connectivity index (χ0) is 34.3. The maximum Gasteiger partial charge on any atom is 0.330 e. The molecule has 0 amide bonds. The Kier molecular flexibility index (Phi) is 11.1. The average molecular weight is 675 g/mol. The summed E-state index contributed by atoms with van der Waals surface area (Å²) in [6.07, 6.45) is -2.19. The van der Waals surface area contributed by atoms with Gasteiger partial charge >= 0.3 is 5.69 Å². The first-order valence-electron chi connectivity index (χ1n) is 15.7. The minimum absolute atomic E-state index is 0.169. The number of ether oxygens (including phenoxy) is 6. The Hall–Kier alpha value is -4.33. The molecule has 0 saturated carbocycles. The average Bonchev–Trinajstić information content (AvgIpc) is 3.39. The van der Waals surface area contributed by atoms with Gasteiger partial charge in [0.05, 0.1) is 20.8 Å². The van der Waals surface area contributed by atoms with Gasteiger partial charge in [0.1, 0.15) is 30.0 Å². The molecule has 11 nitrogen and oxygen atoms in total. The molecule has 1 aromatic heterocycles. The Labute approximate surface area is 280 Å². The number of carbonyl (C=O) groups is 1. The normalized spacial score (nSPS) is 18.2. The minimum Gasteiger partial charge on any atom is -0.497 e. The van der Waals surface area contributed by atoms with E-state index < -0.39 is 49.1 Å². The van der Waals surface area contributed by atoms with E-state index in [2.05, 4.69) is 24.6 Å². The topological polar surface area (TPSA) is 127 Å². The Morgan fingerprint density at radius 1 is 0.812 bits per heavy atom. The molecule has 4 aromatic rings. The van der Waals surface area contributed by atoms with E-state index in [1.54, 1.807) is 14.2 Å². The monoisotopic (exact) mass is 674 g/mol. The van der Waals surface area contributed by atoms with E-state index in [4.69, 9.17) is 28.4 Å². The first kappa shape index (κ1) is 35.0. The molecule has 48 heavy (non-hydrogen) atoms. The van der Waals surface area contributed by atoms with Crippen LogP contribution in [0, 0.1) is 0 Å². The predicted octanol–water partition coefficient (Wildman–Crippen LogP) is 4.73. The van der Waals surface area contributed by atoms with E-state index in [-0.39, 0.29) is 13.4 Å². The third-order valence-electron chi connectivity index (χ3n) is 8.24. The number of nitrogens with zero attached hydrogens (tertiary/aromatic N) is 1. The van der Waals surface area contributed by atoms with E-state index in [9.17, 15) is 14.4 Å². The number of Topliss-reactive ketones (excluding diaryl/α,β-unsaturated/α-hetero) is 1. The molecule has 3 atom stereocenters. The molecular weight excluding hydrogens is 632 g/mol. The number of rotatable bonds is 15. The third kappa shape index (κ3) is 7.85. The molecule has 0 aliphatic carbocycles. The molecule has 1 aliphatic heterocycles. The summed E-state index contributed by atoms with van der Waals surface area (Å²) >= 11 is 0. The van der Waals surface area contributed by atoms with Crippen LogP contribution < -0.4 is 20.7 Å². The lowest BCUT2D eigenvalue weighted by Crippen LogP contribution is -2.39. The van der Waals surface area contributed by atoms with E-state index in [0.717, 1.165) is 27.3 Å². The van der Waals surface area contributed by atoms with Gasteiger partial charge in [0.15, 0.2) is 18.1 Å². The van der Waals surface area contributed by atoms with Gasteiger partial charge in [-0.25, -0.2) is 4.79 Å². The molecule has 0 spiro atoms. The number of hydrogen-bond donors (Lipinski definition) is 1. The highest BCUT2D eigenvalue weighted by molar-refractivity contribution is 6.76. The minimum atomic E-state index is -1.35. The van der Waals surface area contributed by atoms with Crippen molar-refractivity contribution in [1.29, 1.82) is 0 Å². The van der Waals surface area contributed by atoms with Crippen LogP contribution >= 0.6 is 0 Å². The zero-order valence-electron chi connectivity index (χ0n) is 27.8. The fourth-order valence-corrected chi connectivity index (χ4v) is 6.35. The largest absolute Gasteiger partial charge is 0.497 e. The molecule has 3 aromatic carbocycles. The van der Waals surface area contributed by atoms with Crippen LogP contribution in [0.4, 0.5) is 0 Å². The molecule has 1 N–H and O–H groups in total.